The Hall–Kier alpha value is -1.37. The lowest BCUT2D eigenvalue weighted by Crippen LogP contribution is -2.30. The zero-order valence-corrected chi connectivity index (χ0v) is 13.6. The van der Waals surface area contributed by atoms with Crippen molar-refractivity contribution in [2.45, 2.75) is 13.3 Å². The average molecular weight is 331 g/mol. The van der Waals surface area contributed by atoms with Gasteiger partial charge in [0.1, 0.15) is 0 Å². The molecule has 0 aromatic heterocycles. The SMILES string of the molecule is CCOCCCNC(=S)Nc1cc(C(=O)OC)ccc1Cl. The van der Waals surface area contributed by atoms with Crippen molar-refractivity contribution in [3.63, 3.8) is 0 Å². The number of nitrogens with one attached hydrogen (secondary N) is 2. The highest BCUT2D eigenvalue weighted by molar-refractivity contribution is 7.80. The zero-order chi connectivity index (χ0) is 15.7. The lowest BCUT2D eigenvalue weighted by atomic mass is 10.2. The van der Waals surface area contributed by atoms with E-state index in [1.54, 1.807) is 18.2 Å². The highest BCUT2D eigenvalue weighted by Gasteiger charge is 2.09. The van der Waals surface area contributed by atoms with Gasteiger partial charge >= 0.3 is 5.97 Å². The largest absolute Gasteiger partial charge is 0.465 e. The van der Waals surface area contributed by atoms with Gasteiger partial charge in [0.15, 0.2) is 5.11 Å². The topological polar surface area (TPSA) is 59.6 Å². The van der Waals surface area contributed by atoms with Crippen LogP contribution in [0.3, 0.4) is 0 Å². The summed E-state index contributed by atoms with van der Waals surface area (Å²) in [5, 5.41) is 6.92. The van der Waals surface area contributed by atoms with E-state index in [1.807, 2.05) is 6.92 Å². The van der Waals surface area contributed by atoms with Crippen LogP contribution in [0.1, 0.15) is 23.7 Å². The molecular formula is C14H19ClN2O3S. The van der Waals surface area contributed by atoms with Crippen molar-refractivity contribution in [3.05, 3.63) is 28.8 Å². The van der Waals surface area contributed by atoms with Gasteiger partial charge < -0.3 is 20.1 Å². The number of carbonyl (C=O) groups excluding carboxylic acids is 1. The summed E-state index contributed by atoms with van der Waals surface area (Å²) in [7, 11) is 1.33. The molecule has 116 valence electrons. The molecule has 1 aromatic rings. The predicted molar refractivity (Wildman–Crippen MR) is 88.1 cm³/mol. The minimum Gasteiger partial charge on any atom is -0.465 e. The Morgan fingerprint density at radius 2 is 2.19 bits per heavy atom. The van der Waals surface area contributed by atoms with E-state index < -0.39 is 5.97 Å². The van der Waals surface area contributed by atoms with Crippen LogP contribution in [0, 0.1) is 0 Å². The van der Waals surface area contributed by atoms with E-state index in [9.17, 15) is 4.79 Å². The number of anilines is 1. The maximum absolute atomic E-state index is 11.5. The molecule has 7 heteroatoms. The number of hydrogen-bond acceptors (Lipinski definition) is 4. The first-order valence-corrected chi connectivity index (χ1v) is 7.37. The highest BCUT2D eigenvalue weighted by atomic mass is 35.5. The van der Waals surface area contributed by atoms with Gasteiger partial charge in [-0.2, -0.15) is 0 Å². The Bertz CT molecular complexity index is 497. The summed E-state index contributed by atoms with van der Waals surface area (Å²) in [4.78, 5) is 11.5. The molecule has 0 bridgehead atoms. The maximum atomic E-state index is 11.5. The summed E-state index contributed by atoms with van der Waals surface area (Å²) in [6.07, 6.45) is 0.853. The Balaban J connectivity index is 2.53. The summed E-state index contributed by atoms with van der Waals surface area (Å²) in [6.45, 7) is 4.04. The van der Waals surface area contributed by atoms with Crippen LogP contribution in [0.4, 0.5) is 5.69 Å². The molecule has 0 spiro atoms. The summed E-state index contributed by atoms with van der Waals surface area (Å²) < 4.78 is 9.90. The van der Waals surface area contributed by atoms with Crippen molar-refractivity contribution in [2.24, 2.45) is 0 Å². The Morgan fingerprint density at radius 3 is 2.86 bits per heavy atom. The molecule has 2 N–H and O–H groups in total. The van der Waals surface area contributed by atoms with Crippen LogP contribution < -0.4 is 10.6 Å². The lowest BCUT2D eigenvalue weighted by Gasteiger charge is -2.12. The van der Waals surface area contributed by atoms with Crippen LogP contribution in [0.25, 0.3) is 0 Å². The molecule has 0 fully saturated rings. The van der Waals surface area contributed by atoms with Gasteiger partial charge in [-0.15, -0.1) is 0 Å². The molecule has 0 radical (unpaired) electrons. The van der Waals surface area contributed by atoms with Gasteiger partial charge in [-0.3, -0.25) is 0 Å². The van der Waals surface area contributed by atoms with Crippen molar-refractivity contribution >= 4 is 40.6 Å². The molecule has 21 heavy (non-hydrogen) atoms. The molecule has 0 atom stereocenters. The van der Waals surface area contributed by atoms with Gasteiger partial charge in [0, 0.05) is 19.8 Å². The number of benzene rings is 1. The van der Waals surface area contributed by atoms with Gasteiger partial charge in [0.05, 0.1) is 23.4 Å². The van der Waals surface area contributed by atoms with Gasteiger partial charge in [0.2, 0.25) is 0 Å². The van der Waals surface area contributed by atoms with Gasteiger partial charge in [-0.1, -0.05) is 11.6 Å². The summed E-state index contributed by atoms with van der Waals surface area (Å²) in [6, 6.07) is 4.81. The van der Waals surface area contributed by atoms with Crippen molar-refractivity contribution in [3.8, 4) is 0 Å². The molecule has 1 aromatic carbocycles. The normalized spacial score (nSPS) is 10.0. The summed E-state index contributed by atoms with van der Waals surface area (Å²) in [5.74, 6) is -0.426. The fourth-order valence-corrected chi connectivity index (χ4v) is 1.93. The van der Waals surface area contributed by atoms with Gasteiger partial charge in [-0.25, -0.2) is 4.79 Å². The smallest absolute Gasteiger partial charge is 0.337 e. The number of thiocarbonyl (C=S) groups is 1. The summed E-state index contributed by atoms with van der Waals surface area (Å²) >= 11 is 11.2. The average Bonchev–Trinajstić information content (AvgIpc) is 2.48. The van der Waals surface area contributed by atoms with E-state index in [0.29, 0.717) is 41.1 Å². The first-order chi connectivity index (χ1) is 10.1. The van der Waals surface area contributed by atoms with E-state index in [2.05, 4.69) is 15.4 Å². The fraction of sp³-hybridized carbons (Fsp3) is 0.429. The van der Waals surface area contributed by atoms with Crippen LogP contribution in [0.5, 0.6) is 0 Å². The van der Waals surface area contributed by atoms with E-state index in [0.717, 1.165) is 6.42 Å². The van der Waals surface area contributed by atoms with Crippen molar-refractivity contribution < 1.29 is 14.3 Å². The third-order valence-electron chi connectivity index (χ3n) is 2.59. The van der Waals surface area contributed by atoms with Crippen molar-refractivity contribution in [2.75, 3.05) is 32.2 Å². The fourth-order valence-electron chi connectivity index (χ4n) is 1.55. The third kappa shape index (κ3) is 6.29. The molecule has 0 saturated heterocycles. The molecule has 0 saturated carbocycles. The highest BCUT2D eigenvalue weighted by Crippen LogP contribution is 2.23. The predicted octanol–water partition coefficient (Wildman–Crippen LogP) is 2.84. The quantitative estimate of drug-likeness (QED) is 0.455. The standard InChI is InChI=1S/C14H19ClN2O3S/c1-3-20-8-4-7-16-14(21)17-12-9-10(13(18)19-2)5-6-11(12)15/h5-6,9H,3-4,7-8H2,1-2H3,(H2,16,17,21). The zero-order valence-electron chi connectivity index (χ0n) is 12.1. The first kappa shape index (κ1) is 17.7. The molecule has 0 amide bonds. The molecule has 5 nitrogen and oxygen atoms in total. The second kappa shape index (κ2) is 9.55. The van der Waals surface area contributed by atoms with Crippen LogP contribution in [0.15, 0.2) is 18.2 Å². The molecule has 0 heterocycles. The van der Waals surface area contributed by atoms with E-state index in [-0.39, 0.29) is 0 Å². The van der Waals surface area contributed by atoms with E-state index in [1.165, 1.54) is 7.11 Å². The Morgan fingerprint density at radius 1 is 1.43 bits per heavy atom. The van der Waals surface area contributed by atoms with Crippen LogP contribution in [-0.2, 0) is 9.47 Å². The maximum Gasteiger partial charge on any atom is 0.337 e. The number of methoxy groups -OCH3 is 1. The minimum atomic E-state index is -0.426. The molecule has 1 rings (SSSR count). The van der Waals surface area contributed by atoms with Crippen LogP contribution in [-0.4, -0.2) is 38.0 Å². The Kier molecular flexibility index (Phi) is 8.04. The summed E-state index contributed by atoms with van der Waals surface area (Å²) in [5.41, 5.74) is 0.963. The molecule has 0 aliphatic heterocycles. The monoisotopic (exact) mass is 330 g/mol. The molecule has 0 aliphatic rings. The number of rotatable bonds is 7. The molecule has 0 unspecified atom stereocenters. The number of esters is 1. The van der Waals surface area contributed by atoms with Crippen molar-refractivity contribution in [1.82, 2.24) is 5.32 Å². The number of halogens is 1. The lowest BCUT2D eigenvalue weighted by molar-refractivity contribution is 0.0601. The van der Waals surface area contributed by atoms with Crippen molar-refractivity contribution in [1.29, 1.82) is 0 Å². The Labute approximate surface area is 135 Å². The first-order valence-electron chi connectivity index (χ1n) is 6.59. The second-order valence-corrected chi connectivity index (χ2v) is 4.93. The third-order valence-corrected chi connectivity index (χ3v) is 3.17. The van der Waals surface area contributed by atoms with E-state index in [4.69, 9.17) is 28.6 Å². The number of hydrogen-bond donors (Lipinski definition) is 2. The van der Waals surface area contributed by atoms with Crippen LogP contribution >= 0.6 is 23.8 Å². The van der Waals surface area contributed by atoms with Gasteiger partial charge in [0.25, 0.3) is 0 Å². The van der Waals surface area contributed by atoms with E-state index >= 15 is 0 Å². The second-order valence-electron chi connectivity index (χ2n) is 4.12. The molecular weight excluding hydrogens is 312 g/mol. The van der Waals surface area contributed by atoms with Crippen LogP contribution in [0.2, 0.25) is 5.02 Å². The van der Waals surface area contributed by atoms with Gasteiger partial charge in [-0.05, 0) is 43.8 Å². The minimum absolute atomic E-state index is 0.406. The number of ether oxygens (including phenoxy) is 2. The number of carbonyl (C=O) groups is 1. The molecule has 0 aliphatic carbocycles.